The molecule has 6 heteroatoms. The Bertz CT molecular complexity index is 846. The van der Waals surface area contributed by atoms with Crippen molar-refractivity contribution in [3.63, 3.8) is 0 Å². The van der Waals surface area contributed by atoms with Gasteiger partial charge < -0.3 is 24.7 Å². The Labute approximate surface area is 184 Å². The lowest BCUT2D eigenvalue weighted by Gasteiger charge is -2.27. The summed E-state index contributed by atoms with van der Waals surface area (Å²) in [5.74, 6) is 0.0814. The van der Waals surface area contributed by atoms with E-state index in [1.165, 1.54) is 12.7 Å². The van der Waals surface area contributed by atoms with Gasteiger partial charge in [0, 0.05) is 19.2 Å². The van der Waals surface area contributed by atoms with Gasteiger partial charge in [0.1, 0.15) is 0 Å². The number of aryl methyl sites for hydroxylation is 1. The molecule has 2 aromatic rings. The summed E-state index contributed by atoms with van der Waals surface area (Å²) in [6.45, 7) is 2.29. The van der Waals surface area contributed by atoms with Gasteiger partial charge >= 0.3 is 5.97 Å². The number of methoxy groups -OCH3 is 2. The van der Waals surface area contributed by atoms with Crippen LogP contribution in [0.25, 0.3) is 0 Å². The second-order valence-electron chi connectivity index (χ2n) is 7.52. The minimum atomic E-state index is -1.41. The average Bonchev–Trinajstić information content (AvgIpc) is 2.80. The number of carboxylic acid groups (broad SMARTS) is 1. The van der Waals surface area contributed by atoms with E-state index in [0.29, 0.717) is 23.7 Å². The van der Waals surface area contributed by atoms with E-state index in [9.17, 15) is 9.90 Å². The second kappa shape index (κ2) is 12.1. The maximum absolute atomic E-state index is 11.7. The quantitative estimate of drug-likeness (QED) is 0.322. The Kier molecular flexibility index (Phi) is 9.53. The smallest absolute Gasteiger partial charge is 0.336 e. The predicted molar refractivity (Wildman–Crippen MR) is 122 cm³/mol. The Morgan fingerprint density at radius 1 is 1.03 bits per heavy atom. The van der Waals surface area contributed by atoms with Crippen molar-refractivity contribution in [2.24, 2.45) is 0 Å². The molecule has 0 saturated heterocycles. The van der Waals surface area contributed by atoms with Crippen molar-refractivity contribution >= 4 is 11.7 Å². The molecule has 168 valence electrons. The number of benzene rings is 2. The van der Waals surface area contributed by atoms with Crippen molar-refractivity contribution in [1.29, 1.82) is 5.41 Å². The van der Waals surface area contributed by atoms with Crippen LogP contribution < -0.4 is 9.47 Å². The molecule has 0 aliphatic carbocycles. The molecule has 2 rings (SSSR count). The van der Waals surface area contributed by atoms with E-state index < -0.39 is 11.6 Å². The molecule has 1 unspecified atom stereocenters. The third-order valence-electron chi connectivity index (χ3n) is 5.54. The number of nitrogens with one attached hydrogen (secondary N) is 1. The summed E-state index contributed by atoms with van der Waals surface area (Å²) in [4.78, 5) is 11.7. The van der Waals surface area contributed by atoms with Crippen LogP contribution in [-0.4, -0.2) is 43.2 Å². The monoisotopic (exact) mass is 427 g/mol. The largest absolute Gasteiger partial charge is 0.493 e. The van der Waals surface area contributed by atoms with Gasteiger partial charge in [-0.15, -0.1) is 0 Å². The Hall–Kier alpha value is -2.86. The first kappa shape index (κ1) is 24.4. The SMILES string of the molecule is CCC(CC(=N)c1ccc(OC)c(OCCCCCc2ccccc2)c1)(OC)C(=O)O. The molecule has 0 aromatic heterocycles. The lowest BCUT2D eigenvalue weighted by molar-refractivity contribution is -0.161. The zero-order valence-electron chi connectivity index (χ0n) is 18.6. The van der Waals surface area contributed by atoms with E-state index in [2.05, 4.69) is 24.3 Å². The molecule has 6 nitrogen and oxygen atoms in total. The summed E-state index contributed by atoms with van der Waals surface area (Å²) in [5, 5.41) is 18.0. The number of aliphatic carboxylic acids is 1. The Morgan fingerprint density at radius 3 is 2.39 bits per heavy atom. The average molecular weight is 428 g/mol. The van der Waals surface area contributed by atoms with E-state index in [4.69, 9.17) is 19.6 Å². The third kappa shape index (κ3) is 6.82. The topological polar surface area (TPSA) is 88.8 Å². The highest BCUT2D eigenvalue weighted by molar-refractivity contribution is 6.02. The second-order valence-corrected chi connectivity index (χ2v) is 7.52. The molecule has 1 atom stereocenters. The van der Waals surface area contributed by atoms with Crippen LogP contribution in [0.5, 0.6) is 11.5 Å². The van der Waals surface area contributed by atoms with Crippen molar-refractivity contribution in [3.05, 3.63) is 59.7 Å². The molecule has 31 heavy (non-hydrogen) atoms. The van der Waals surface area contributed by atoms with Gasteiger partial charge in [0.2, 0.25) is 0 Å². The van der Waals surface area contributed by atoms with Crippen LogP contribution >= 0.6 is 0 Å². The fraction of sp³-hybridized carbons (Fsp3) is 0.440. The fourth-order valence-electron chi connectivity index (χ4n) is 3.46. The molecular formula is C25H33NO5. The van der Waals surface area contributed by atoms with E-state index >= 15 is 0 Å². The van der Waals surface area contributed by atoms with Crippen molar-refractivity contribution in [2.75, 3.05) is 20.8 Å². The van der Waals surface area contributed by atoms with Crippen LogP contribution in [0.15, 0.2) is 48.5 Å². The van der Waals surface area contributed by atoms with Gasteiger partial charge in [-0.05, 0) is 61.4 Å². The first-order chi connectivity index (χ1) is 15.0. The molecule has 2 N–H and O–H groups in total. The van der Waals surface area contributed by atoms with Gasteiger partial charge in [-0.3, -0.25) is 0 Å². The summed E-state index contributed by atoms with van der Waals surface area (Å²) in [6.07, 6.45) is 4.36. The zero-order chi connectivity index (χ0) is 22.7. The number of carboxylic acids is 1. The number of hydrogen-bond acceptors (Lipinski definition) is 5. The molecule has 0 amide bonds. The van der Waals surface area contributed by atoms with Gasteiger partial charge in [-0.25, -0.2) is 4.79 Å². The molecule has 0 spiro atoms. The van der Waals surface area contributed by atoms with Crippen molar-refractivity contribution in [2.45, 2.75) is 51.0 Å². The summed E-state index contributed by atoms with van der Waals surface area (Å²) in [7, 11) is 2.94. The van der Waals surface area contributed by atoms with Gasteiger partial charge in [0.05, 0.1) is 13.7 Å². The molecule has 0 bridgehead atoms. The van der Waals surface area contributed by atoms with Crippen molar-refractivity contribution < 1.29 is 24.1 Å². The highest BCUT2D eigenvalue weighted by Crippen LogP contribution is 2.30. The van der Waals surface area contributed by atoms with E-state index in [-0.39, 0.29) is 18.6 Å². The number of rotatable bonds is 14. The van der Waals surface area contributed by atoms with Crippen molar-refractivity contribution in [1.82, 2.24) is 0 Å². The normalized spacial score (nSPS) is 12.7. The maximum atomic E-state index is 11.7. The number of ether oxygens (including phenoxy) is 3. The standard InChI is InChI=1S/C25H33NO5/c1-4-25(30-3,24(27)28)18-21(26)20-14-15-22(29-2)23(17-20)31-16-10-6-9-13-19-11-7-5-8-12-19/h5,7-8,11-12,14-15,17,26H,4,6,9-10,13,16,18H2,1-3H3,(H,27,28). The van der Waals surface area contributed by atoms with E-state index in [1.807, 2.05) is 6.07 Å². The first-order valence-corrected chi connectivity index (χ1v) is 10.7. The third-order valence-corrected chi connectivity index (χ3v) is 5.54. The maximum Gasteiger partial charge on any atom is 0.336 e. The summed E-state index contributed by atoms with van der Waals surface area (Å²) in [6, 6.07) is 15.7. The van der Waals surface area contributed by atoms with E-state index in [1.54, 1.807) is 32.2 Å². The van der Waals surface area contributed by atoms with Crippen LogP contribution in [0, 0.1) is 5.41 Å². The van der Waals surface area contributed by atoms with Crippen LogP contribution in [0.4, 0.5) is 0 Å². The molecule has 0 aliphatic heterocycles. The van der Waals surface area contributed by atoms with Crippen LogP contribution in [0.3, 0.4) is 0 Å². The highest BCUT2D eigenvalue weighted by atomic mass is 16.5. The number of carbonyl (C=O) groups is 1. The Morgan fingerprint density at radius 2 is 1.77 bits per heavy atom. The van der Waals surface area contributed by atoms with Crippen LogP contribution in [0.1, 0.15) is 50.2 Å². The highest BCUT2D eigenvalue weighted by Gasteiger charge is 2.38. The first-order valence-electron chi connectivity index (χ1n) is 10.7. The van der Waals surface area contributed by atoms with Gasteiger partial charge in [-0.2, -0.15) is 0 Å². The minimum Gasteiger partial charge on any atom is -0.493 e. The number of unbranched alkanes of at least 4 members (excludes halogenated alkanes) is 2. The molecule has 0 fully saturated rings. The van der Waals surface area contributed by atoms with E-state index in [0.717, 1.165) is 25.7 Å². The van der Waals surface area contributed by atoms with Gasteiger partial charge in [-0.1, -0.05) is 37.3 Å². The Balaban J connectivity index is 1.93. The van der Waals surface area contributed by atoms with Gasteiger partial charge in [0.15, 0.2) is 17.1 Å². The minimum absolute atomic E-state index is 0.0272. The molecule has 0 saturated carbocycles. The molecule has 0 radical (unpaired) electrons. The summed E-state index contributed by atoms with van der Waals surface area (Å²) in [5.41, 5.74) is 0.714. The van der Waals surface area contributed by atoms with Crippen LogP contribution in [-0.2, 0) is 16.0 Å². The molecule has 0 aliphatic rings. The number of hydrogen-bond donors (Lipinski definition) is 2. The molecule has 0 heterocycles. The van der Waals surface area contributed by atoms with Crippen molar-refractivity contribution in [3.8, 4) is 11.5 Å². The van der Waals surface area contributed by atoms with Crippen LogP contribution in [0.2, 0.25) is 0 Å². The molecular weight excluding hydrogens is 394 g/mol. The summed E-state index contributed by atoms with van der Waals surface area (Å²) < 4.78 is 16.6. The van der Waals surface area contributed by atoms with Gasteiger partial charge in [0.25, 0.3) is 0 Å². The zero-order valence-corrected chi connectivity index (χ0v) is 18.6. The molecule has 2 aromatic carbocycles. The lowest BCUT2D eigenvalue weighted by Crippen LogP contribution is -2.42. The predicted octanol–water partition coefficient (Wildman–Crippen LogP) is 5.12. The summed E-state index contributed by atoms with van der Waals surface area (Å²) >= 11 is 0. The fourth-order valence-corrected chi connectivity index (χ4v) is 3.46. The lowest BCUT2D eigenvalue weighted by atomic mass is 9.90.